The Morgan fingerprint density at radius 3 is 2.92 bits per heavy atom. The van der Waals surface area contributed by atoms with Crippen LogP contribution < -0.4 is 4.90 Å². The van der Waals surface area contributed by atoms with Gasteiger partial charge >= 0.3 is 0 Å². The number of carbonyl (C=O) groups is 1. The summed E-state index contributed by atoms with van der Waals surface area (Å²) in [6.45, 7) is 6.21. The highest BCUT2D eigenvalue weighted by Gasteiger charge is 2.47. The third kappa shape index (κ3) is 3.21. The second kappa shape index (κ2) is 6.52. The highest BCUT2D eigenvalue weighted by molar-refractivity contribution is 7.08. The monoisotopic (exact) mass is 356 g/mol. The molecule has 2 aromatic heterocycles. The lowest BCUT2D eigenvalue weighted by molar-refractivity contribution is -0.123. The van der Waals surface area contributed by atoms with E-state index in [1.54, 1.807) is 11.3 Å². The number of amides is 1. The number of aryl methyl sites for hydroxylation is 1. The first-order valence-electron chi connectivity index (χ1n) is 8.74. The minimum Gasteiger partial charge on any atom is -0.309 e. The molecule has 1 spiro atoms. The fourth-order valence-corrected chi connectivity index (χ4v) is 4.68. The highest BCUT2D eigenvalue weighted by Crippen LogP contribution is 2.34. The molecule has 2 aliphatic rings. The van der Waals surface area contributed by atoms with Gasteiger partial charge in [0.05, 0.1) is 23.5 Å². The van der Waals surface area contributed by atoms with Crippen molar-refractivity contribution in [3.05, 3.63) is 46.4 Å². The number of aromatic nitrogens is 1. The number of rotatable bonds is 3. The van der Waals surface area contributed by atoms with Crippen molar-refractivity contribution in [3.63, 3.8) is 0 Å². The minimum absolute atomic E-state index is 0.0413. The molecule has 1 atom stereocenters. The Bertz CT molecular complexity index is 763. The van der Waals surface area contributed by atoms with Crippen LogP contribution in [0.1, 0.15) is 17.8 Å². The van der Waals surface area contributed by atoms with Crippen LogP contribution in [-0.4, -0.2) is 59.5 Å². The number of likely N-dealkylation sites (tertiary alicyclic amines) is 1. The molecule has 25 heavy (non-hydrogen) atoms. The normalized spacial score (nSPS) is 25.2. The molecule has 132 valence electrons. The maximum absolute atomic E-state index is 12.5. The van der Waals surface area contributed by atoms with Crippen molar-refractivity contribution in [2.45, 2.75) is 25.4 Å². The zero-order valence-electron chi connectivity index (χ0n) is 14.8. The van der Waals surface area contributed by atoms with Gasteiger partial charge in [-0.3, -0.25) is 19.6 Å². The Morgan fingerprint density at radius 1 is 1.28 bits per heavy atom. The smallest absolute Gasteiger partial charge is 0.241 e. The molecule has 0 radical (unpaired) electrons. The van der Waals surface area contributed by atoms with Gasteiger partial charge in [-0.05, 0) is 44.0 Å². The highest BCUT2D eigenvalue weighted by atomic mass is 32.1. The van der Waals surface area contributed by atoms with Crippen LogP contribution in [0.5, 0.6) is 0 Å². The number of piperazine rings is 1. The molecule has 0 saturated carbocycles. The number of carbonyl (C=O) groups excluding carboxylic acids is 1. The zero-order chi connectivity index (χ0) is 17.4. The number of hydrogen-bond acceptors (Lipinski definition) is 5. The Balaban J connectivity index is 1.50. The number of anilines is 1. The van der Waals surface area contributed by atoms with E-state index < -0.39 is 0 Å². The van der Waals surface area contributed by atoms with Crippen molar-refractivity contribution in [3.8, 4) is 0 Å². The van der Waals surface area contributed by atoms with E-state index in [0.29, 0.717) is 6.54 Å². The van der Waals surface area contributed by atoms with Gasteiger partial charge in [-0.15, -0.1) is 0 Å². The molecular weight excluding hydrogens is 332 g/mol. The minimum atomic E-state index is 0.0413. The fraction of sp³-hybridized carbons (Fsp3) is 0.474. The molecular formula is C19H24N4OS. The average molecular weight is 356 g/mol. The predicted octanol–water partition coefficient (Wildman–Crippen LogP) is 2.37. The Hall–Kier alpha value is -1.76. The van der Waals surface area contributed by atoms with E-state index in [1.165, 1.54) is 0 Å². The van der Waals surface area contributed by atoms with Crippen LogP contribution in [0.4, 0.5) is 5.69 Å². The van der Waals surface area contributed by atoms with Gasteiger partial charge in [0.25, 0.3) is 0 Å². The Labute approximate surface area is 152 Å². The number of thiophene rings is 1. The molecule has 2 aliphatic heterocycles. The summed E-state index contributed by atoms with van der Waals surface area (Å²) in [6, 6.07) is 8.26. The number of hydrogen-bond donors (Lipinski definition) is 0. The van der Waals surface area contributed by atoms with E-state index in [9.17, 15) is 4.79 Å². The first-order chi connectivity index (χ1) is 12.1. The van der Waals surface area contributed by atoms with Crippen LogP contribution in [0.3, 0.4) is 0 Å². The summed E-state index contributed by atoms with van der Waals surface area (Å²) >= 11 is 1.64. The molecule has 1 amide bonds. The molecule has 2 aromatic rings. The summed E-state index contributed by atoms with van der Waals surface area (Å²) in [5.74, 6) is 0.199. The summed E-state index contributed by atoms with van der Waals surface area (Å²) in [6.07, 6.45) is 1.09. The maximum atomic E-state index is 12.5. The molecule has 0 aliphatic carbocycles. The summed E-state index contributed by atoms with van der Waals surface area (Å²) in [4.78, 5) is 23.9. The van der Waals surface area contributed by atoms with Crippen molar-refractivity contribution in [1.82, 2.24) is 14.8 Å². The van der Waals surface area contributed by atoms with Crippen molar-refractivity contribution < 1.29 is 4.79 Å². The Morgan fingerprint density at radius 2 is 2.16 bits per heavy atom. The van der Waals surface area contributed by atoms with Crippen LogP contribution in [-0.2, 0) is 11.3 Å². The second-order valence-electron chi connectivity index (χ2n) is 7.27. The fourth-order valence-electron chi connectivity index (χ4n) is 4.04. The standard InChI is InChI=1S/C19H24N4OS/c1-15-4-3-5-16(20-15)10-22-8-7-19(13-22)14-23(17-6-9-25-12-17)18(24)11-21(19)2/h3-6,9,12H,7-8,10-11,13-14H2,1-2H3. The van der Waals surface area contributed by atoms with Gasteiger partial charge in [0, 0.05) is 37.3 Å². The van der Waals surface area contributed by atoms with Crippen LogP contribution in [0.15, 0.2) is 35.0 Å². The summed E-state index contributed by atoms with van der Waals surface area (Å²) in [5, 5.41) is 4.11. The van der Waals surface area contributed by atoms with Gasteiger partial charge in [0.15, 0.2) is 0 Å². The third-order valence-electron chi connectivity index (χ3n) is 5.50. The lowest BCUT2D eigenvalue weighted by Gasteiger charge is -2.46. The van der Waals surface area contributed by atoms with Gasteiger partial charge < -0.3 is 4.90 Å². The van der Waals surface area contributed by atoms with Crippen LogP contribution >= 0.6 is 11.3 Å². The van der Waals surface area contributed by atoms with E-state index in [-0.39, 0.29) is 11.4 Å². The molecule has 2 saturated heterocycles. The number of likely N-dealkylation sites (N-methyl/N-ethyl adjacent to an activating group) is 1. The Kier molecular flexibility index (Phi) is 4.35. The first-order valence-corrected chi connectivity index (χ1v) is 9.69. The first kappa shape index (κ1) is 16.7. The zero-order valence-corrected chi connectivity index (χ0v) is 15.6. The molecule has 0 bridgehead atoms. The predicted molar refractivity (Wildman–Crippen MR) is 101 cm³/mol. The van der Waals surface area contributed by atoms with E-state index in [0.717, 1.165) is 49.7 Å². The average Bonchev–Trinajstić information content (AvgIpc) is 3.22. The van der Waals surface area contributed by atoms with Crippen molar-refractivity contribution >= 4 is 22.9 Å². The third-order valence-corrected chi connectivity index (χ3v) is 6.17. The number of pyridine rings is 1. The van der Waals surface area contributed by atoms with E-state index in [1.807, 2.05) is 29.3 Å². The molecule has 1 unspecified atom stereocenters. The van der Waals surface area contributed by atoms with Crippen LogP contribution in [0.2, 0.25) is 0 Å². The van der Waals surface area contributed by atoms with E-state index in [4.69, 9.17) is 0 Å². The van der Waals surface area contributed by atoms with Crippen molar-refractivity contribution in [2.24, 2.45) is 0 Å². The molecule has 2 fully saturated rings. The quantitative estimate of drug-likeness (QED) is 0.847. The van der Waals surface area contributed by atoms with Gasteiger partial charge in [0.1, 0.15) is 0 Å². The maximum Gasteiger partial charge on any atom is 0.241 e. The lowest BCUT2D eigenvalue weighted by Crippen LogP contribution is -2.64. The largest absolute Gasteiger partial charge is 0.309 e. The van der Waals surface area contributed by atoms with Gasteiger partial charge in [-0.25, -0.2) is 0 Å². The van der Waals surface area contributed by atoms with E-state index >= 15 is 0 Å². The van der Waals surface area contributed by atoms with E-state index in [2.05, 4.69) is 39.3 Å². The second-order valence-corrected chi connectivity index (χ2v) is 8.05. The SMILES string of the molecule is Cc1cccc(CN2CCC3(C2)CN(c2ccsc2)C(=O)CN3C)n1. The molecule has 6 heteroatoms. The van der Waals surface area contributed by atoms with Crippen LogP contribution in [0.25, 0.3) is 0 Å². The topological polar surface area (TPSA) is 39.7 Å². The van der Waals surface area contributed by atoms with Crippen LogP contribution in [0, 0.1) is 6.92 Å². The lowest BCUT2D eigenvalue weighted by atomic mass is 9.93. The molecule has 0 aromatic carbocycles. The van der Waals surface area contributed by atoms with Crippen molar-refractivity contribution in [1.29, 1.82) is 0 Å². The summed E-state index contributed by atoms with van der Waals surface area (Å²) in [5.41, 5.74) is 3.28. The summed E-state index contributed by atoms with van der Waals surface area (Å²) < 4.78 is 0. The summed E-state index contributed by atoms with van der Waals surface area (Å²) in [7, 11) is 2.09. The van der Waals surface area contributed by atoms with Gasteiger partial charge in [0.2, 0.25) is 5.91 Å². The van der Waals surface area contributed by atoms with Crippen molar-refractivity contribution in [2.75, 3.05) is 38.1 Å². The molecule has 0 N–H and O–H groups in total. The van der Waals surface area contributed by atoms with Gasteiger partial charge in [-0.2, -0.15) is 11.3 Å². The number of nitrogens with zero attached hydrogens (tertiary/aromatic N) is 4. The molecule has 4 rings (SSSR count). The molecule has 5 nitrogen and oxygen atoms in total. The van der Waals surface area contributed by atoms with Gasteiger partial charge in [-0.1, -0.05) is 6.07 Å². The molecule has 4 heterocycles.